The number of carbonyl (C=O) groups excluding carboxylic acids is 1. The predicted molar refractivity (Wildman–Crippen MR) is 87.5 cm³/mol. The third-order valence-corrected chi connectivity index (χ3v) is 3.93. The summed E-state index contributed by atoms with van der Waals surface area (Å²) in [5.41, 5.74) is 4.11. The van der Waals surface area contributed by atoms with E-state index in [0.29, 0.717) is 6.61 Å². The monoisotopic (exact) mass is 296 g/mol. The van der Waals surface area contributed by atoms with Crippen molar-refractivity contribution >= 4 is 11.7 Å². The third kappa shape index (κ3) is 3.06. The van der Waals surface area contributed by atoms with Crippen LogP contribution in [0.2, 0.25) is 0 Å². The average molecular weight is 296 g/mol. The molecule has 4 nitrogen and oxygen atoms in total. The molecule has 1 atom stereocenters. The lowest BCUT2D eigenvalue weighted by Crippen LogP contribution is -2.44. The Balaban J connectivity index is 1.64. The Morgan fingerprint density at radius 2 is 1.82 bits per heavy atom. The molecular formula is C18H20N2O2. The van der Waals surface area contributed by atoms with Gasteiger partial charge in [-0.15, -0.1) is 0 Å². The van der Waals surface area contributed by atoms with E-state index in [1.165, 1.54) is 0 Å². The van der Waals surface area contributed by atoms with Crippen molar-refractivity contribution < 1.29 is 9.53 Å². The van der Waals surface area contributed by atoms with Gasteiger partial charge >= 0.3 is 6.03 Å². The summed E-state index contributed by atoms with van der Waals surface area (Å²) in [6.45, 7) is 4.47. The highest BCUT2D eigenvalue weighted by Gasteiger charge is 2.21. The van der Waals surface area contributed by atoms with Crippen molar-refractivity contribution in [3.8, 4) is 5.75 Å². The number of benzene rings is 2. The first-order chi connectivity index (χ1) is 10.6. The van der Waals surface area contributed by atoms with E-state index < -0.39 is 0 Å². The van der Waals surface area contributed by atoms with Crippen LogP contribution >= 0.6 is 0 Å². The van der Waals surface area contributed by atoms with E-state index in [-0.39, 0.29) is 12.1 Å². The van der Waals surface area contributed by atoms with Crippen molar-refractivity contribution in [3.05, 3.63) is 59.2 Å². The second kappa shape index (κ2) is 6.10. The number of anilines is 1. The van der Waals surface area contributed by atoms with Crippen LogP contribution < -0.4 is 15.4 Å². The van der Waals surface area contributed by atoms with Crippen molar-refractivity contribution in [1.29, 1.82) is 0 Å². The predicted octanol–water partition coefficient (Wildman–Crippen LogP) is 3.43. The summed E-state index contributed by atoms with van der Waals surface area (Å²) in [4.78, 5) is 12.2. The van der Waals surface area contributed by atoms with Crippen LogP contribution in [-0.4, -0.2) is 18.7 Å². The Kier molecular flexibility index (Phi) is 4.00. The number of rotatable bonds is 2. The van der Waals surface area contributed by atoms with Gasteiger partial charge in [-0.1, -0.05) is 36.4 Å². The maximum absolute atomic E-state index is 12.2. The summed E-state index contributed by atoms with van der Waals surface area (Å²) < 4.78 is 5.69. The summed E-state index contributed by atoms with van der Waals surface area (Å²) in [7, 11) is 0. The number of nitrogens with one attached hydrogen (secondary N) is 2. The second-order valence-electron chi connectivity index (χ2n) is 5.69. The standard InChI is InChI=1S/C18H20N2O2/c1-12-6-5-7-13(2)17(12)20-18(21)19-15-10-14-8-3-4-9-16(14)22-11-15/h3-9,15H,10-11H2,1-2H3,(H2,19,20,21). The molecule has 4 heteroatoms. The molecule has 1 aliphatic heterocycles. The normalized spacial score (nSPS) is 16.4. The minimum Gasteiger partial charge on any atom is -0.491 e. The summed E-state index contributed by atoms with van der Waals surface area (Å²) in [6.07, 6.45) is 0.788. The van der Waals surface area contributed by atoms with Crippen LogP contribution in [0.1, 0.15) is 16.7 Å². The number of hydrogen-bond donors (Lipinski definition) is 2. The van der Waals surface area contributed by atoms with Gasteiger partial charge in [0.15, 0.2) is 0 Å². The molecule has 0 radical (unpaired) electrons. The number of fused-ring (bicyclic) bond motifs is 1. The first-order valence-electron chi connectivity index (χ1n) is 7.48. The average Bonchev–Trinajstić information content (AvgIpc) is 2.51. The van der Waals surface area contributed by atoms with E-state index >= 15 is 0 Å². The topological polar surface area (TPSA) is 50.4 Å². The number of hydrogen-bond acceptors (Lipinski definition) is 2. The molecule has 2 aromatic carbocycles. The van der Waals surface area contributed by atoms with Crippen LogP contribution in [-0.2, 0) is 6.42 Å². The molecular weight excluding hydrogens is 276 g/mol. The van der Waals surface area contributed by atoms with Crippen molar-refractivity contribution in [2.24, 2.45) is 0 Å². The van der Waals surface area contributed by atoms with Crippen molar-refractivity contribution in [3.63, 3.8) is 0 Å². The van der Waals surface area contributed by atoms with Gasteiger partial charge < -0.3 is 15.4 Å². The third-order valence-electron chi connectivity index (χ3n) is 3.93. The van der Waals surface area contributed by atoms with Crippen molar-refractivity contribution in [2.45, 2.75) is 26.3 Å². The lowest BCUT2D eigenvalue weighted by atomic mass is 10.0. The highest BCUT2D eigenvalue weighted by Crippen LogP contribution is 2.24. The minimum atomic E-state index is -0.189. The maximum atomic E-state index is 12.2. The van der Waals surface area contributed by atoms with Gasteiger partial charge in [-0.05, 0) is 43.0 Å². The van der Waals surface area contributed by atoms with Gasteiger partial charge in [-0.3, -0.25) is 0 Å². The van der Waals surface area contributed by atoms with Crippen LogP contribution in [0.25, 0.3) is 0 Å². The summed E-state index contributed by atoms with van der Waals surface area (Å²) in [5.74, 6) is 0.913. The van der Waals surface area contributed by atoms with Gasteiger partial charge in [0, 0.05) is 5.69 Å². The molecule has 0 saturated carbocycles. The van der Waals surface area contributed by atoms with Crippen LogP contribution in [0, 0.1) is 13.8 Å². The molecule has 0 spiro atoms. The summed E-state index contributed by atoms with van der Waals surface area (Å²) in [5, 5.41) is 5.93. The quantitative estimate of drug-likeness (QED) is 0.892. The second-order valence-corrected chi connectivity index (χ2v) is 5.69. The number of carbonyl (C=O) groups is 1. The lowest BCUT2D eigenvalue weighted by molar-refractivity contribution is 0.222. The van der Waals surface area contributed by atoms with Gasteiger partial charge in [0.25, 0.3) is 0 Å². The van der Waals surface area contributed by atoms with E-state index in [4.69, 9.17) is 4.74 Å². The molecule has 0 aliphatic carbocycles. The summed E-state index contributed by atoms with van der Waals surface area (Å²) >= 11 is 0. The molecule has 3 rings (SSSR count). The van der Waals surface area contributed by atoms with Gasteiger partial charge in [0.1, 0.15) is 12.4 Å². The van der Waals surface area contributed by atoms with Crippen molar-refractivity contribution in [1.82, 2.24) is 5.32 Å². The molecule has 22 heavy (non-hydrogen) atoms. The van der Waals surface area contributed by atoms with Gasteiger partial charge in [0.05, 0.1) is 6.04 Å². The molecule has 1 unspecified atom stereocenters. The van der Waals surface area contributed by atoms with Crippen molar-refractivity contribution in [2.75, 3.05) is 11.9 Å². The molecule has 0 aromatic heterocycles. The smallest absolute Gasteiger partial charge is 0.319 e. The zero-order valence-corrected chi connectivity index (χ0v) is 12.8. The Morgan fingerprint density at radius 1 is 1.09 bits per heavy atom. The number of aryl methyl sites for hydroxylation is 2. The number of para-hydroxylation sites is 2. The molecule has 2 aromatic rings. The first kappa shape index (κ1) is 14.4. The SMILES string of the molecule is Cc1cccc(C)c1NC(=O)NC1COc2ccccc2C1. The molecule has 2 N–H and O–H groups in total. The molecule has 0 fully saturated rings. The number of urea groups is 1. The Hall–Kier alpha value is -2.49. The van der Waals surface area contributed by atoms with Crippen LogP contribution in [0.5, 0.6) is 5.75 Å². The Morgan fingerprint density at radius 3 is 2.59 bits per heavy atom. The summed E-state index contributed by atoms with van der Waals surface area (Å²) in [6, 6.07) is 13.7. The largest absolute Gasteiger partial charge is 0.491 e. The zero-order valence-electron chi connectivity index (χ0n) is 12.8. The molecule has 0 saturated heterocycles. The van der Waals surface area contributed by atoms with Crippen LogP contribution in [0.3, 0.4) is 0 Å². The molecule has 1 heterocycles. The fourth-order valence-electron chi connectivity index (χ4n) is 2.77. The first-order valence-corrected chi connectivity index (χ1v) is 7.48. The van der Waals surface area contributed by atoms with E-state index in [1.54, 1.807) is 0 Å². The van der Waals surface area contributed by atoms with Gasteiger partial charge in [-0.25, -0.2) is 4.79 Å². The van der Waals surface area contributed by atoms with E-state index in [1.807, 2.05) is 56.3 Å². The zero-order chi connectivity index (χ0) is 15.5. The fraction of sp³-hybridized carbons (Fsp3) is 0.278. The van der Waals surface area contributed by atoms with E-state index in [0.717, 1.165) is 34.5 Å². The molecule has 0 bridgehead atoms. The minimum absolute atomic E-state index is 0.0146. The van der Waals surface area contributed by atoms with E-state index in [9.17, 15) is 4.79 Å². The molecule has 2 amide bonds. The number of amides is 2. The molecule has 1 aliphatic rings. The Bertz CT molecular complexity index is 677. The number of ether oxygens (including phenoxy) is 1. The maximum Gasteiger partial charge on any atom is 0.319 e. The highest BCUT2D eigenvalue weighted by molar-refractivity contribution is 5.91. The van der Waals surface area contributed by atoms with Gasteiger partial charge in [0.2, 0.25) is 0 Å². The van der Waals surface area contributed by atoms with Crippen LogP contribution in [0.4, 0.5) is 10.5 Å². The fourth-order valence-corrected chi connectivity index (χ4v) is 2.77. The Labute approximate surface area is 130 Å². The highest BCUT2D eigenvalue weighted by atomic mass is 16.5. The van der Waals surface area contributed by atoms with E-state index in [2.05, 4.69) is 10.6 Å². The van der Waals surface area contributed by atoms with Crippen LogP contribution in [0.15, 0.2) is 42.5 Å². The molecule has 114 valence electrons. The lowest BCUT2D eigenvalue weighted by Gasteiger charge is -2.26. The van der Waals surface area contributed by atoms with Gasteiger partial charge in [-0.2, -0.15) is 0 Å².